The summed E-state index contributed by atoms with van der Waals surface area (Å²) >= 11 is 0. The molecule has 0 amide bonds. The number of halogens is 4. The van der Waals surface area contributed by atoms with Crippen LogP contribution in [0.5, 0.6) is 0 Å². The van der Waals surface area contributed by atoms with Crippen LogP contribution in [-0.2, 0) is 10.9 Å². The molecule has 1 atom stereocenters. The minimum atomic E-state index is -4.48. The molecule has 0 bridgehead atoms. The molecule has 1 rings (SSSR count). The molecule has 0 heterocycles. The molecular weight excluding hydrogens is 262 g/mol. The molecule has 6 heteroatoms. The van der Waals surface area contributed by atoms with E-state index in [0.717, 1.165) is 24.6 Å². The number of rotatable bonds is 6. The van der Waals surface area contributed by atoms with E-state index in [1.54, 1.807) is 7.05 Å². The fraction of sp³-hybridized carbons (Fsp3) is 0.538. The van der Waals surface area contributed by atoms with E-state index >= 15 is 0 Å². The number of alkyl halides is 3. The smallest absolute Gasteiger partial charge is 0.379 e. The zero-order valence-electron chi connectivity index (χ0n) is 10.9. The van der Waals surface area contributed by atoms with Gasteiger partial charge >= 0.3 is 6.18 Å². The van der Waals surface area contributed by atoms with Crippen LogP contribution < -0.4 is 5.32 Å². The Morgan fingerprint density at radius 3 is 2.53 bits per heavy atom. The molecule has 0 aromatic heterocycles. The quantitative estimate of drug-likeness (QED) is 0.635. The Morgan fingerprint density at radius 2 is 2.00 bits per heavy atom. The molecule has 2 nitrogen and oxygen atoms in total. The van der Waals surface area contributed by atoms with Crippen molar-refractivity contribution in [2.45, 2.75) is 25.6 Å². The normalized spacial score (nSPS) is 13.6. The number of hydrogen-bond acceptors (Lipinski definition) is 2. The molecule has 0 aliphatic rings. The molecule has 1 aromatic rings. The number of likely N-dealkylation sites (N-methyl/N-ethyl adjacent to an activating group) is 1. The van der Waals surface area contributed by atoms with E-state index in [4.69, 9.17) is 4.74 Å². The van der Waals surface area contributed by atoms with Gasteiger partial charge in [-0.2, -0.15) is 13.2 Å². The first-order chi connectivity index (χ1) is 8.90. The molecule has 1 unspecified atom stereocenters. The number of nitrogens with one attached hydrogen (secondary N) is 1. The fourth-order valence-electron chi connectivity index (χ4n) is 1.66. The van der Waals surface area contributed by atoms with Gasteiger partial charge in [0, 0.05) is 12.2 Å². The average Bonchev–Trinajstić information content (AvgIpc) is 2.34. The van der Waals surface area contributed by atoms with E-state index in [0.29, 0.717) is 6.61 Å². The van der Waals surface area contributed by atoms with E-state index in [1.165, 1.54) is 0 Å². The predicted molar refractivity (Wildman–Crippen MR) is 64.3 cm³/mol. The molecule has 0 aliphatic carbocycles. The van der Waals surface area contributed by atoms with Crippen LogP contribution in [0.25, 0.3) is 0 Å². The van der Waals surface area contributed by atoms with Crippen molar-refractivity contribution < 1.29 is 22.3 Å². The van der Waals surface area contributed by atoms with Crippen LogP contribution in [-0.4, -0.2) is 20.3 Å². The lowest BCUT2D eigenvalue weighted by molar-refractivity contribution is -0.137. The van der Waals surface area contributed by atoms with E-state index < -0.39 is 23.6 Å². The van der Waals surface area contributed by atoms with Gasteiger partial charge in [-0.05, 0) is 31.7 Å². The van der Waals surface area contributed by atoms with Crippen molar-refractivity contribution in [3.63, 3.8) is 0 Å². The van der Waals surface area contributed by atoms with Crippen molar-refractivity contribution in [2.75, 3.05) is 20.3 Å². The monoisotopic (exact) mass is 279 g/mol. The van der Waals surface area contributed by atoms with Gasteiger partial charge in [0.05, 0.1) is 18.2 Å². The third kappa shape index (κ3) is 4.47. The molecular formula is C13H17F4NO. The highest BCUT2D eigenvalue weighted by atomic mass is 19.4. The first kappa shape index (κ1) is 15.9. The summed E-state index contributed by atoms with van der Waals surface area (Å²) in [5, 5.41) is 2.76. The van der Waals surface area contributed by atoms with Gasteiger partial charge < -0.3 is 10.1 Å². The van der Waals surface area contributed by atoms with Crippen molar-refractivity contribution in [2.24, 2.45) is 0 Å². The van der Waals surface area contributed by atoms with Crippen LogP contribution in [0.3, 0.4) is 0 Å². The standard InChI is InChI=1S/C13H17F4NO/c1-3-6-19-8-12(18-2)10-7-9(13(15,16)17)4-5-11(10)14/h4-5,7,12,18H,3,6,8H2,1-2H3. The topological polar surface area (TPSA) is 21.3 Å². The number of hydrogen-bond donors (Lipinski definition) is 1. The summed E-state index contributed by atoms with van der Waals surface area (Å²) in [7, 11) is 1.56. The van der Waals surface area contributed by atoms with Crippen molar-refractivity contribution in [3.05, 3.63) is 35.1 Å². The maximum atomic E-state index is 13.6. The first-order valence-corrected chi connectivity index (χ1v) is 6.01. The third-order valence-electron chi connectivity index (χ3n) is 2.68. The van der Waals surface area contributed by atoms with Gasteiger partial charge in [-0.1, -0.05) is 6.92 Å². The SMILES string of the molecule is CCCOCC(NC)c1cc(C(F)(F)F)ccc1F. The highest BCUT2D eigenvalue weighted by molar-refractivity contribution is 5.29. The van der Waals surface area contributed by atoms with E-state index in [-0.39, 0.29) is 12.2 Å². The summed E-state index contributed by atoms with van der Waals surface area (Å²) in [6, 6.07) is 1.79. The Hall–Kier alpha value is -1.14. The minimum Gasteiger partial charge on any atom is -0.379 e. The molecule has 0 saturated heterocycles. The third-order valence-corrected chi connectivity index (χ3v) is 2.68. The molecule has 1 N–H and O–H groups in total. The van der Waals surface area contributed by atoms with E-state index in [2.05, 4.69) is 5.32 Å². The Bertz CT molecular complexity index is 406. The number of benzene rings is 1. The second kappa shape index (κ2) is 6.86. The second-order valence-corrected chi connectivity index (χ2v) is 4.15. The zero-order chi connectivity index (χ0) is 14.5. The summed E-state index contributed by atoms with van der Waals surface area (Å²) in [5.41, 5.74) is -0.895. The van der Waals surface area contributed by atoms with Crippen LogP contribution in [0, 0.1) is 5.82 Å². The van der Waals surface area contributed by atoms with Gasteiger partial charge in [0.1, 0.15) is 5.82 Å². The Labute approximate surface area is 109 Å². The molecule has 0 spiro atoms. The minimum absolute atomic E-state index is 0.0339. The summed E-state index contributed by atoms with van der Waals surface area (Å²) in [6.07, 6.45) is -3.69. The molecule has 0 saturated carbocycles. The average molecular weight is 279 g/mol. The largest absolute Gasteiger partial charge is 0.416 e. The van der Waals surface area contributed by atoms with Gasteiger partial charge in [0.15, 0.2) is 0 Å². The molecule has 0 radical (unpaired) electrons. The van der Waals surface area contributed by atoms with Gasteiger partial charge in [0.2, 0.25) is 0 Å². The first-order valence-electron chi connectivity index (χ1n) is 6.01. The lowest BCUT2D eigenvalue weighted by Gasteiger charge is -2.19. The van der Waals surface area contributed by atoms with Crippen molar-refractivity contribution in [3.8, 4) is 0 Å². The Morgan fingerprint density at radius 1 is 1.32 bits per heavy atom. The maximum absolute atomic E-state index is 13.6. The van der Waals surface area contributed by atoms with Crippen LogP contribution in [0.1, 0.15) is 30.5 Å². The summed E-state index contributed by atoms with van der Waals surface area (Å²) in [6.45, 7) is 2.53. The van der Waals surface area contributed by atoms with Crippen LogP contribution in [0.4, 0.5) is 17.6 Å². The highest BCUT2D eigenvalue weighted by Crippen LogP contribution is 2.31. The lowest BCUT2D eigenvalue weighted by Crippen LogP contribution is -2.23. The lowest BCUT2D eigenvalue weighted by atomic mass is 10.0. The van der Waals surface area contributed by atoms with Crippen LogP contribution in [0.2, 0.25) is 0 Å². The summed E-state index contributed by atoms with van der Waals surface area (Å²) in [4.78, 5) is 0. The van der Waals surface area contributed by atoms with Crippen molar-refractivity contribution >= 4 is 0 Å². The van der Waals surface area contributed by atoms with Gasteiger partial charge in [-0.3, -0.25) is 0 Å². The molecule has 0 fully saturated rings. The predicted octanol–water partition coefficient (Wildman–Crippen LogP) is 3.53. The molecule has 19 heavy (non-hydrogen) atoms. The van der Waals surface area contributed by atoms with E-state index in [1.807, 2.05) is 6.92 Å². The van der Waals surface area contributed by atoms with Gasteiger partial charge in [-0.25, -0.2) is 4.39 Å². The Kier molecular flexibility index (Phi) is 5.75. The maximum Gasteiger partial charge on any atom is 0.416 e. The second-order valence-electron chi connectivity index (χ2n) is 4.15. The van der Waals surface area contributed by atoms with Gasteiger partial charge in [-0.15, -0.1) is 0 Å². The highest BCUT2D eigenvalue weighted by Gasteiger charge is 2.31. The van der Waals surface area contributed by atoms with Gasteiger partial charge in [0.25, 0.3) is 0 Å². The summed E-state index contributed by atoms with van der Waals surface area (Å²) in [5.74, 6) is -0.674. The summed E-state index contributed by atoms with van der Waals surface area (Å²) < 4.78 is 56.7. The fourth-order valence-corrected chi connectivity index (χ4v) is 1.66. The molecule has 0 aliphatic heterocycles. The Balaban J connectivity index is 2.95. The molecule has 108 valence electrons. The van der Waals surface area contributed by atoms with Crippen LogP contribution >= 0.6 is 0 Å². The molecule has 1 aromatic carbocycles. The number of ether oxygens (including phenoxy) is 1. The van der Waals surface area contributed by atoms with Crippen molar-refractivity contribution in [1.29, 1.82) is 0 Å². The zero-order valence-corrected chi connectivity index (χ0v) is 10.9. The van der Waals surface area contributed by atoms with Crippen LogP contribution in [0.15, 0.2) is 18.2 Å². The van der Waals surface area contributed by atoms with E-state index in [9.17, 15) is 17.6 Å². The van der Waals surface area contributed by atoms with Crippen molar-refractivity contribution in [1.82, 2.24) is 5.32 Å².